The van der Waals surface area contributed by atoms with E-state index in [-0.39, 0.29) is 16.8 Å². The van der Waals surface area contributed by atoms with Crippen molar-refractivity contribution in [3.63, 3.8) is 0 Å². The highest BCUT2D eigenvalue weighted by molar-refractivity contribution is 6.52. The Morgan fingerprint density at radius 3 is 2.45 bits per heavy atom. The molecule has 0 radical (unpaired) electrons. The van der Waals surface area contributed by atoms with Crippen LogP contribution in [0.1, 0.15) is 20.7 Å². The molecule has 1 N–H and O–H groups in total. The maximum atomic E-state index is 12.1. The lowest BCUT2D eigenvalue weighted by molar-refractivity contribution is -0.146. The van der Waals surface area contributed by atoms with Crippen LogP contribution >= 0.6 is 0 Å². The Morgan fingerprint density at radius 1 is 1.00 bits per heavy atom. The molecule has 0 unspecified atom stereocenters. The van der Waals surface area contributed by atoms with Crippen molar-refractivity contribution in [1.82, 2.24) is 0 Å². The van der Waals surface area contributed by atoms with Crippen LogP contribution in [0.2, 0.25) is 0 Å². The molecule has 0 fully saturated rings. The van der Waals surface area contributed by atoms with E-state index in [9.17, 15) is 24.0 Å². The molecule has 2 aromatic rings. The van der Waals surface area contributed by atoms with Gasteiger partial charge in [0.2, 0.25) is 0 Å². The molecule has 0 aliphatic carbocycles. The Labute approximate surface area is 165 Å². The molecule has 148 valence electrons. The highest BCUT2D eigenvalue weighted by atomic mass is 16.5. The van der Waals surface area contributed by atoms with Crippen LogP contribution in [0.25, 0.3) is 0 Å². The SMILES string of the molecule is COC(=O)c1ccccc1NC(=O)COC(=O)CN1C(=O)C(=O)c2ccccc21. The Hall–Kier alpha value is -4.01. The van der Waals surface area contributed by atoms with Gasteiger partial charge in [0.1, 0.15) is 6.54 Å². The van der Waals surface area contributed by atoms with E-state index in [2.05, 4.69) is 10.1 Å². The third-order valence-electron chi connectivity index (χ3n) is 4.14. The van der Waals surface area contributed by atoms with E-state index in [1.807, 2.05) is 0 Å². The molecule has 1 aliphatic heterocycles. The number of ketones is 1. The standard InChI is InChI=1S/C20H16N2O7/c1-28-20(27)12-6-2-4-8-14(12)21-16(23)11-29-17(24)10-22-15-9-5-3-7-13(15)18(25)19(22)26/h2-9H,10-11H2,1H3,(H,21,23). The van der Waals surface area contributed by atoms with Gasteiger partial charge in [0, 0.05) is 0 Å². The summed E-state index contributed by atoms with van der Waals surface area (Å²) in [5.74, 6) is -3.71. The maximum absolute atomic E-state index is 12.1. The van der Waals surface area contributed by atoms with Crippen LogP contribution < -0.4 is 10.2 Å². The summed E-state index contributed by atoms with van der Waals surface area (Å²) in [7, 11) is 1.21. The van der Waals surface area contributed by atoms with E-state index in [1.165, 1.54) is 25.3 Å². The van der Waals surface area contributed by atoms with Gasteiger partial charge in [-0.25, -0.2) is 4.79 Å². The molecule has 3 rings (SSSR count). The van der Waals surface area contributed by atoms with Crippen molar-refractivity contribution in [3.8, 4) is 0 Å². The van der Waals surface area contributed by atoms with E-state index in [1.54, 1.807) is 30.3 Å². The topological polar surface area (TPSA) is 119 Å². The van der Waals surface area contributed by atoms with Crippen LogP contribution in [0, 0.1) is 0 Å². The predicted molar refractivity (Wildman–Crippen MR) is 100 cm³/mol. The summed E-state index contributed by atoms with van der Waals surface area (Å²) in [5, 5.41) is 2.45. The first-order valence-corrected chi connectivity index (χ1v) is 8.50. The van der Waals surface area contributed by atoms with Gasteiger partial charge in [-0.05, 0) is 24.3 Å². The summed E-state index contributed by atoms with van der Waals surface area (Å²) in [6.07, 6.45) is 0. The summed E-state index contributed by atoms with van der Waals surface area (Å²) in [4.78, 5) is 60.8. The Bertz CT molecular complexity index is 1020. The lowest BCUT2D eigenvalue weighted by Gasteiger charge is -2.15. The van der Waals surface area contributed by atoms with Gasteiger partial charge in [-0.3, -0.25) is 24.1 Å². The van der Waals surface area contributed by atoms with Gasteiger partial charge in [-0.1, -0.05) is 24.3 Å². The van der Waals surface area contributed by atoms with Crippen molar-refractivity contribution < 1.29 is 33.4 Å². The van der Waals surface area contributed by atoms with Gasteiger partial charge in [0.25, 0.3) is 17.6 Å². The van der Waals surface area contributed by atoms with Gasteiger partial charge in [0.15, 0.2) is 6.61 Å². The van der Waals surface area contributed by atoms with Gasteiger partial charge in [-0.15, -0.1) is 0 Å². The second-order valence-electron chi connectivity index (χ2n) is 5.98. The van der Waals surface area contributed by atoms with E-state index >= 15 is 0 Å². The largest absolute Gasteiger partial charge is 0.465 e. The van der Waals surface area contributed by atoms with Gasteiger partial charge in [-0.2, -0.15) is 0 Å². The number of benzene rings is 2. The lowest BCUT2D eigenvalue weighted by atomic mass is 10.1. The van der Waals surface area contributed by atoms with Crippen molar-refractivity contribution in [3.05, 3.63) is 59.7 Å². The molecular formula is C20H16N2O7. The number of Topliss-reactive ketones (excluding diaryl/α,β-unsaturated/α-hetero) is 1. The summed E-state index contributed by atoms with van der Waals surface area (Å²) >= 11 is 0. The zero-order valence-corrected chi connectivity index (χ0v) is 15.3. The molecule has 1 heterocycles. The second kappa shape index (κ2) is 8.34. The average Bonchev–Trinajstić information content (AvgIpc) is 2.97. The Morgan fingerprint density at radius 2 is 1.69 bits per heavy atom. The third-order valence-corrected chi connectivity index (χ3v) is 4.14. The van der Waals surface area contributed by atoms with Gasteiger partial charge >= 0.3 is 11.9 Å². The van der Waals surface area contributed by atoms with Crippen LogP contribution in [0.15, 0.2) is 48.5 Å². The van der Waals surface area contributed by atoms with Crippen molar-refractivity contribution >= 4 is 40.9 Å². The number of para-hydroxylation sites is 2. The first-order chi connectivity index (χ1) is 13.9. The minimum Gasteiger partial charge on any atom is -0.465 e. The van der Waals surface area contributed by atoms with Crippen molar-refractivity contribution in [1.29, 1.82) is 0 Å². The first-order valence-electron chi connectivity index (χ1n) is 8.50. The molecule has 0 spiro atoms. The number of hydrogen-bond donors (Lipinski definition) is 1. The van der Waals surface area contributed by atoms with Crippen molar-refractivity contribution in [2.45, 2.75) is 0 Å². The molecule has 0 saturated carbocycles. The molecule has 0 atom stereocenters. The monoisotopic (exact) mass is 396 g/mol. The van der Waals surface area contributed by atoms with Crippen LogP contribution in [0.4, 0.5) is 11.4 Å². The fourth-order valence-corrected chi connectivity index (χ4v) is 2.79. The summed E-state index contributed by atoms with van der Waals surface area (Å²) < 4.78 is 9.53. The molecule has 1 aliphatic rings. The van der Waals surface area contributed by atoms with Crippen LogP contribution in [0.5, 0.6) is 0 Å². The minimum atomic E-state index is -0.862. The number of methoxy groups -OCH3 is 1. The second-order valence-corrected chi connectivity index (χ2v) is 5.98. The molecule has 29 heavy (non-hydrogen) atoms. The number of ether oxygens (including phenoxy) is 2. The number of nitrogens with zero attached hydrogens (tertiary/aromatic N) is 1. The Kier molecular flexibility index (Phi) is 5.68. The molecular weight excluding hydrogens is 380 g/mol. The predicted octanol–water partition coefficient (Wildman–Crippen LogP) is 1.18. The van der Waals surface area contributed by atoms with Gasteiger partial charge in [0.05, 0.1) is 29.6 Å². The summed E-state index contributed by atoms with van der Waals surface area (Å²) in [6.45, 7) is -1.14. The lowest BCUT2D eigenvalue weighted by Crippen LogP contribution is -2.36. The average molecular weight is 396 g/mol. The highest BCUT2D eigenvalue weighted by Crippen LogP contribution is 2.28. The Balaban J connectivity index is 1.58. The number of esters is 2. The molecule has 0 aromatic heterocycles. The van der Waals surface area contributed by atoms with Crippen molar-refractivity contribution in [2.75, 3.05) is 30.5 Å². The third kappa shape index (κ3) is 4.13. The van der Waals surface area contributed by atoms with E-state index in [0.717, 1.165) is 4.90 Å². The molecule has 0 bridgehead atoms. The first kappa shape index (κ1) is 19.7. The molecule has 9 nitrogen and oxygen atoms in total. The number of fused-ring (bicyclic) bond motifs is 1. The maximum Gasteiger partial charge on any atom is 0.339 e. The zero-order chi connectivity index (χ0) is 21.0. The zero-order valence-electron chi connectivity index (χ0n) is 15.3. The number of hydrogen-bond acceptors (Lipinski definition) is 7. The number of nitrogens with one attached hydrogen (secondary N) is 1. The van der Waals surface area contributed by atoms with Gasteiger partial charge < -0.3 is 14.8 Å². The van der Waals surface area contributed by atoms with E-state index < -0.39 is 42.7 Å². The molecule has 9 heteroatoms. The van der Waals surface area contributed by atoms with Crippen LogP contribution in [-0.2, 0) is 23.9 Å². The molecule has 2 amide bonds. The van der Waals surface area contributed by atoms with E-state index in [0.29, 0.717) is 5.69 Å². The van der Waals surface area contributed by atoms with E-state index in [4.69, 9.17) is 4.74 Å². The number of carbonyl (C=O) groups excluding carboxylic acids is 5. The molecule has 2 aromatic carbocycles. The summed E-state index contributed by atoms with van der Waals surface area (Å²) in [6, 6.07) is 12.5. The highest BCUT2D eigenvalue weighted by Gasteiger charge is 2.36. The summed E-state index contributed by atoms with van der Waals surface area (Å²) in [5.41, 5.74) is 0.875. The smallest absolute Gasteiger partial charge is 0.339 e. The number of amides is 2. The van der Waals surface area contributed by atoms with Crippen LogP contribution in [0.3, 0.4) is 0 Å². The number of carbonyl (C=O) groups is 5. The fourth-order valence-electron chi connectivity index (χ4n) is 2.79. The van der Waals surface area contributed by atoms with Crippen molar-refractivity contribution in [2.24, 2.45) is 0 Å². The number of rotatable bonds is 6. The van der Waals surface area contributed by atoms with Crippen LogP contribution in [-0.4, -0.2) is 49.8 Å². The normalized spacial score (nSPS) is 12.4. The molecule has 0 saturated heterocycles. The fraction of sp³-hybridized carbons (Fsp3) is 0.150. The minimum absolute atomic E-state index is 0.146. The quantitative estimate of drug-likeness (QED) is 0.575. The number of anilines is 2.